The number of rotatable bonds is 6. The minimum atomic E-state index is -0.556. The smallest absolute Gasteiger partial charge is 0.230 e. The zero-order chi connectivity index (χ0) is 17.9. The molecule has 0 aromatic heterocycles. The third kappa shape index (κ3) is 3.18. The zero-order valence-corrected chi connectivity index (χ0v) is 14.5. The maximum absolute atomic E-state index is 13.2. The first-order chi connectivity index (χ1) is 12.1. The van der Waals surface area contributed by atoms with Crippen LogP contribution in [0.15, 0.2) is 42.5 Å². The summed E-state index contributed by atoms with van der Waals surface area (Å²) in [5.41, 5.74) is 1.17. The van der Waals surface area contributed by atoms with Gasteiger partial charge in [0.15, 0.2) is 11.5 Å². The molecule has 2 aromatic rings. The minimum Gasteiger partial charge on any atom is -0.493 e. The van der Waals surface area contributed by atoms with Crippen LogP contribution in [0.5, 0.6) is 11.5 Å². The summed E-state index contributed by atoms with van der Waals surface area (Å²) in [5.74, 6) is 0.927. The van der Waals surface area contributed by atoms with Gasteiger partial charge in [-0.2, -0.15) is 0 Å². The van der Waals surface area contributed by atoms with Crippen LogP contribution in [0, 0.1) is 5.82 Å². The Kier molecular flexibility index (Phi) is 4.93. The van der Waals surface area contributed by atoms with E-state index in [1.165, 1.54) is 12.1 Å². The second-order valence-corrected chi connectivity index (χ2v) is 6.28. The normalized spacial score (nSPS) is 15.2. The molecule has 0 radical (unpaired) electrons. The number of ether oxygens (including phenoxy) is 2. The monoisotopic (exact) mass is 343 g/mol. The molecule has 132 valence electrons. The summed E-state index contributed by atoms with van der Waals surface area (Å²) in [4.78, 5) is 12.9. The fourth-order valence-corrected chi connectivity index (χ4v) is 3.38. The maximum atomic E-state index is 13.2. The van der Waals surface area contributed by atoms with E-state index in [9.17, 15) is 9.18 Å². The lowest BCUT2D eigenvalue weighted by atomic mass is 9.64. The van der Waals surface area contributed by atoms with Crippen LogP contribution in [0.3, 0.4) is 0 Å². The van der Waals surface area contributed by atoms with Crippen molar-refractivity contribution in [2.24, 2.45) is 0 Å². The number of carbonyl (C=O) groups is 1. The van der Waals surface area contributed by atoms with Gasteiger partial charge in [-0.05, 0) is 36.6 Å². The van der Waals surface area contributed by atoms with Gasteiger partial charge in [0.1, 0.15) is 5.82 Å². The first-order valence-corrected chi connectivity index (χ1v) is 8.35. The SMILES string of the molecule is COc1cccc(CNC(=O)C2(c3ccc(F)cc3)CCC2)c1OC. The number of methoxy groups -OCH3 is 2. The molecular formula is C20H22FNO3. The Bertz CT molecular complexity index is 754. The van der Waals surface area contributed by atoms with E-state index < -0.39 is 5.41 Å². The molecule has 1 aliphatic rings. The number of benzene rings is 2. The van der Waals surface area contributed by atoms with Gasteiger partial charge in [0.25, 0.3) is 0 Å². The van der Waals surface area contributed by atoms with Gasteiger partial charge in [0, 0.05) is 12.1 Å². The molecule has 0 aliphatic heterocycles. The van der Waals surface area contributed by atoms with E-state index in [4.69, 9.17) is 9.47 Å². The van der Waals surface area contributed by atoms with Gasteiger partial charge >= 0.3 is 0 Å². The fraction of sp³-hybridized carbons (Fsp3) is 0.350. The third-order valence-corrected chi connectivity index (χ3v) is 4.96. The Morgan fingerprint density at radius 1 is 1.12 bits per heavy atom. The Morgan fingerprint density at radius 2 is 1.84 bits per heavy atom. The quantitative estimate of drug-likeness (QED) is 0.872. The van der Waals surface area contributed by atoms with Crippen molar-refractivity contribution in [2.75, 3.05) is 14.2 Å². The van der Waals surface area contributed by atoms with Crippen LogP contribution >= 0.6 is 0 Å². The van der Waals surface area contributed by atoms with Crippen LogP contribution in [0.2, 0.25) is 0 Å². The van der Waals surface area contributed by atoms with Gasteiger partial charge in [-0.1, -0.05) is 30.7 Å². The summed E-state index contributed by atoms with van der Waals surface area (Å²) in [7, 11) is 3.16. The molecule has 0 bridgehead atoms. The van der Waals surface area contributed by atoms with Gasteiger partial charge in [0.05, 0.1) is 19.6 Å². The number of halogens is 1. The van der Waals surface area contributed by atoms with E-state index in [1.807, 2.05) is 18.2 Å². The number of carbonyl (C=O) groups excluding carboxylic acids is 1. The first-order valence-electron chi connectivity index (χ1n) is 8.35. The Labute approximate surface area is 147 Å². The second-order valence-electron chi connectivity index (χ2n) is 6.28. The molecule has 0 unspecified atom stereocenters. The molecular weight excluding hydrogens is 321 g/mol. The summed E-state index contributed by atoms with van der Waals surface area (Å²) >= 11 is 0. The third-order valence-electron chi connectivity index (χ3n) is 4.96. The number of hydrogen-bond donors (Lipinski definition) is 1. The van der Waals surface area contributed by atoms with Crippen LogP contribution < -0.4 is 14.8 Å². The number of nitrogens with one attached hydrogen (secondary N) is 1. The lowest BCUT2D eigenvalue weighted by Crippen LogP contribution is -2.49. The molecule has 25 heavy (non-hydrogen) atoms. The fourth-order valence-electron chi connectivity index (χ4n) is 3.38. The lowest BCUT2D eigenvalue weighted by Gasteiger charge is -2.40. The summed E-state index contributed by atoms with van der Waals surface area (Å²) < 4.78 is 23.9. The second kappa shape index (κ2) is 7.13. The van der Waals surface area contributed by atoms with E-state index in [2.05, 4.69) is 5.32 Å². The van der Waals surface area contributed by atoms with Crippen molar-refractivity contribution in [1.29, 1.82) is 0 Å². The Hall–Kier alpha value is -2.56. The summed E-state index contributed by atoms with van der Waals surface area (Å²) in [5, 5.41) is 3.01. The summed E-state index contributed by atoms with van der Waals surface area (Å²) in [6.07, 6.45) is 2.55. The van der Waals surface area contributed by atoms with Crippen molar-refractivity contribution in [3.05, 3.63) is 59.4 Å². The van der Waals surface area contributed by atoms with E-state index in [0.29, 0.717) is 18.0 Å². The summed E-state index contributed by atoms with van der Waals surface area (Å²) in [6.45, 7) is 0.349. The molecule has 5 heteroatoms. The molecule has 1 amide bonds. The maximum Gasteiger partial charge on any atom is 0.230 e. The molecule has 1 fully saturated rings. The van der Waals surface area contributed by atoms with Crippen molar-refractivity contribution in [1.82, 2.24) is 5.32 Å². The highest BCUT2D eigenvalue weighted by molar-refractivity contribution is 5.89. The topological polar surface area (TPSA) is 47.6 Å². The van der Waals surface area contributed by atoms with Crippen LogP contribution in [0.4, 0.5) is 4.39 Å². The average Bonchev–Trinajstić information content (AvgIpc) is 2.60. The zero-order valence-electron chi connectivity index (χ0n) is 14.5. The average molecular weight is 343 g/mol. The highest BCUT2D eigenvalue weighted by Gasteiger charge is 2.45. The van der Waals surface area contributed by atoms with Crippen molar-refractivity contribution >= 4 is 5.91 Å². The van der Waals surface area contributed by atoms with Crippen LogP contribution in [0.1, 0.15) is 30.4 Å². The van der Waals surface area contributed by atoms with Crippen molar-refractivity contribution < 1.29 is 18.7 Å². The van der Waals surface area contributed by atoms with Crippen LogP contribution in [-0.2, 0) is 16.8 Å². The molecule has 4 nitrogen and oxygen atoms in total. The number of hydrogen-bond acceptors (Lipinski definition) is 3. The van der Waals surface area contributed by atoms with Gasteiger partial charge in [0.2, 0.25) is 5.91 Å². The number of para-hydroxylation sites is 1. The highest BCUT2D eigenvalue weighted by Crippen LogP contribution is 2.44. The number of amides is 1. The first kappa shape index (κ1) is 17.3. The van der Waals surface area contributed by atoms with E-state index >= 15 is 0 Å². The van der Waals surface area contributed by atoms with Crippen molar-refractivity contribution in [3.63, 3.8) is 0 Å². The molecule has 1 saturated carbocycles. The van der Waals surface area contributed by atoms with Crippen molar-refractivity contribution in [3.8, 4) is 11.5 Å². The largest absolute Gasteiger partial charge is 0.493 e. The van der Waals surface area contributed by atoms with E-state index in [1.54, 1.807) is 26.4 Å². The molecule has 0 saturated heterocycles. The van der Waals surface area contributed by atoms with Crippen LogP contribution in [-0.4, -0.2) is 20.1 Å². The Balaban J connectivity index is 1.77. The molecule has 2 aromatic carbocycles. The highest BCUT2D eigenvalue weighted by atomic mass is 19.1. The molecule has 3 rings (SSSR count). The van der Waals surface area contributed by atoms with Gasteiger partial charge in [-0.25, -0.2) is 4.39 Å². The molecule has 1 aliphatic carbocycles. The lowest BCUT2D eigenvalue weighted by molar-refractivity contribution is -0.130. The van der Waals surface area contributed by atoms with Gasteiger partial charge in [-0.3, -0.25) is 4.79 Å². The van der Waals surface area contributed by atoms with Crippen LogP contribution in [0.25, 0.3) is 0 Å². The Morgan fingerprint density at radius 3 is 2.40 bits per heavy atom. The van der Waals surface area contributed by atoms with Gasteiger partial charge in [-0.15, -0.1) is 0 Å². The molecule has 0 spiro atoms. The predicted molar refractivity (Wildman–Crippen MR) is 93.3 cm³/mol. The van der Waals surface area contributed by atoms with E-state index in [0.717, 1.165) is 30.4 Å². The van der Waals surface area contributed by atoms with Crippen molar-refractivity contribution in [2.45, 2.75) is 31.2 Å². The summed E-state index contributed by atoms with van der Waals surface area (Å²) in [6, 6.07) is 11.8. The minimum absolute atomic E-state index is 0.0322. The molecule has 0 atom stereocenters. The standard InChI is InChI=1S/C20H22FNO3/c1-24-17-6-3-5-14(18(17)25-2)13-22-19(23)20(11-4-12-20)15-7-9-16(21)10-8-15/h3,5-10H,4,11-13H2,1-2H3,(H,22,23). The molecule has 0 heterocycles. The van der Waals surface area contributed by atoms with Gasteiger partial charge < -0.3 is 14.8 Å². The van der Waals surface area contributed by atoms with E-state index in [-0.39, 0.29) is 11.7 Å². The molecule has 1 N–H and O–H groups in total. The predicted octanol–water partition coefficient (Wildman–Crippen LogP) is 3.58.